The number of amides is 1. The zero-order chi connectivity index (χ0) is 18.4. The lowest BCUT2D eigenvalue weighted by Gasteiger charge is -2.18. The number of ether oxygens (including phenoxy) is 1. The van der Waals surface area contributed by atoms with E-state index in [1.165, 1.54) is 18.4 Å². The van der Waals surface area contributed by atoms with Crippen LogP contribution in [0.25, 0.3) is 0 Å². The second kappa shape index (κ2) is 8.76. The van der Waals surface area contributed by atoms with E-state index in [2.05, 4.69) is 17.2 Å². The standard InChI is InChI=1S/C19H24N2O3S/c1-5-6-16-20-13(3)18(25-16)19(23)21-15(11-17(22)24-4)14-9-7-12(2)8-10-14/h7-10,15H,5-6,11H2,1-4H3,(H,21,23). The minimum absolute atomic E-state index is 0.0883. The largest absolute Gasteiger partial charge is 0.469 e. The van der Waals surface area contributed by atoms with Crippen LogP contribution in [0.1, 0.15) is 57.3 Å². The summed E-state index contributed by atoms with van der Waals surface area (Å²) in [6, 6.07) is 7.33. The first-order valence-corrected chi connectivity index (χ1v) is 9.16. The molecule has 1 N–H and O–H groups in total. The number of esters is 1. The van der Waals surface area contributed by atoms with Crippen molar-refractivity contribution in [3.63, 3.8) is 0 Å². The van der Waals surface area contributed by atoms with Gasteiger partial charge in [0.25, 0.3) is 5.91 Å². The maximum Gasteiger partial charge on any atom is 0.307 e. The van der Waals surface area contributed by atoms with Gasteiger partial charge in [0, 0.05) is 0 Å². The summed E-state index contributed by atoms with van der Waals surface area (Å²) in [7, 11) is 1.35. The highest BCUT2D eigenvalue weighted by atomic mass is 32.1. The van der Waals surface area contributed by atoms with Crippen molar-refractivity contribution in [2.24, 2.45) is 0 Å². The van der Waals surface area contributed by atoms with Crippen LogP contribution >= 0.6 is 11.3 Å². The first-order chi connectivity index (χ1) is 11.9. The summed E-state index contributed by atoms with van der Waals surface area (Å²) in [6.45, 7) is 5.92. The Kier molecular flexibility index (Phi) is 6.70. The summed E-state index contributed by atoms with van der Waals surface area (Å²) in [5.41, 5.74) is 2.72. The molecule has 0 bridgehead atoms. The molecule has 1 heterocycles. The molecule has 0 saturated heterocycles. The van der Waals surface area contributed by atoms with Crippen LogP contribution in [0.2, 0.25) is 0 Å². The third kappa shape index (κ3) is 5.13. The number of benzene rings is 1. The molecule has 0 fully saturated rings. The van der Waals surface area contributed by atoms with E-state index in [4.69, 9.17) is 4.74 Å². The van der Waals surface area contributed by atoms with Crippen LogP contribution in [-0.2, 0) is 16.0 Å². The fourth-order valence-corrected chi connectivity index (χ4v) is 3.58. The lowest BCUT2D eigenvalue weighted by Crippen LogP contribution is -2.30. The van der Waals surface area contributed by atoms with Gasteiger partial charge in [0.2, 0.25) is 0 Å². The van der Waals surface area contributed by atoms with Gasteiger partial charge in [-0.1, -0.05) is 36.8 Å². The number of aromatic nitrogens is 1. The van der Waals surface area contributed by atoms with Crippen molar-refractivity contribution in [1.29, 1.82) is 0 Å². The summed E-state index contributed by atoms with van der Waals surface area (Å²) in [6.07, 6.45) is 1.94. The molecule has 0 aliphatic carbocycles. The maximum absolute atomic E-state index is 12.7. The van der Waals surface area contributed by atoms with Gasteiger partial charge in [-0.2, -0.15) is 0 Å². The average molecular weight is 360 g/mol. The van der Waals surface area contributed by atoms with Gasteiger partial charge >= 0.3 is 5.97 Å². The molecule has 0 aliphatic rings. The van der Waals surface area contributed by atoms with Crippen LogP contribution in [0.3, 0.4) is 0 Å². The predicted molar refractivity (Wildman–Crippen MR) is 98.9 cm³/mol. The molecule has 6 heteroatoms. The van der Waals surface area contributed by atoms with Crippen molar-refractivity contribution in [3.8, 4) is 0 Å². The van der Waals surface area contributed by atoms with E-state index < -0.39 is 6.04 Å². The number of nitrogens with zero attached hydrogens (tertiary/aromatic N) is 1. The highest BCUT2D eigenvalue weighted by Gasteiger charge is 2.22. The number of nitrogens with one attached hydrogen (secondary N) is 1. The summed E-state index contributed by atoms with van der Waals surface area (Å²) in [4.78, 5) is 29.5. The van der Waals surface area contributed by atoms with Crippen molar-refractivity contribution < 1.29 is 14.3 Å². The summed E-state index contributed by atoms with van der Waals surface area (Å²) < 4.78 is 4.77. The van der Waals surface area contributed by atoms with Gasteiger partial charge in [-0.15, -0.1) is 11.3 Å². The molecule has 2 rings (SSSR count). The maximum atomic E-state index is 12.7. The van der Waals surface area contributed by atoms with Gasteiger partial charge in [0.15, 0.2) is 0 Å². The van der Waals surface area contributed by atoms with Gasteiger partial charge in [0.05, 0.1) is 30.3 Å². The second-order valence-electron chi connectivity index (χ2n) is 5.99. The minimum Gasteiger partial charge on any atom is -0.469 e. The topological polar surface area (TPSA) is 68.3 Å². The van der Waals surface area contributed by atoms with E-state index in [1.54, 1.807) is 0 Å². The molecule has 1 atom stereocenters. The van der Waals surface area contributed by atoms with E-state index >= 15 is 0 Å². The van der Waals surface area contributed by atoms with Crippen molar-refractivity contribution >= 4 is 23.2 Å². The Morgan fingerprint density at radius 3 is 2.52 bits per heavy atom. The molecule has 0 spiro atoms. The SMILES string of the molecule is CCCc1nc(C)c(C(=O)NC(CC(=O)OC)c2ccc(C)cc2)s1. The minimum atomic E-state index is -0.434. The first kappa shape index (κ1) is 19.1. The quantitative estimate of drug-likeness (QED) is 0.764. The van der Waals surface area contributed by atoms with Gasteiger partial charge in [0.1, 0.15) is 4.88 Å². The van der Waals surface area contributed by atoms with Gasteiger partial charge in [-0.3, -0.25) is 9.59 Å². The number of hydrogen-bond donors (Lipinski definition) is 1. The average Bonchev–Trinajstić information content (AvgIpc) is 2.95. The molecule has 1 aromatic heterocycles. The second-order valence-corrected chi connectivity index (χ2v) is 7.07. The number of methoxy groups -OCH3 is 1. The summed E-state index contributed by atoms with van der Waals surface area (Å²) in [5.74, 6) is -0.564. The van der Waals surface area contributed by atoms with E-state index in [0.717, 1.165) is 34.7 Å². The van der Waals surface area contributed by atoms with E-state index in [0.29, 0.717) is 4.88 Å². The zero-order valence-corrected chi connectivity index (χ0v) is 15.9. The Hall–Kier alpha value is -2.21. The van der Waals surface area contributed by atoms with Gasteiger partial charge in [-0.25, -0.2) is 4.98 Å². The third-order valence-corrected chi connectivity index (χ3v) is 5.11. The van der Waals surface area contributed by atoms with E-state index in [1.807, 2.05) is 38.1 Å². The number of aryl methyl sites for hydroxylation is 3. The zero-order valence-electron chi connectivity index (χ0n) is 15.1. The molecule has 1 aromatic carbocycles. The monoisotopic (exact) mass is 360 g/mol. The molecule has 2 aromatic rings. The Morgan fingerprint density at radius 1 is 1.24 bits per heavy atom. The third-order valence-electron chi connectivity index (χ3n) is 3.89. The summed E-state index contributed by atoms with van der Waals surface area (Å²) >= 11 is 1.42. The van der Waals surface area contributed by atoms with Crippen LogP contribution < -0.4 is 5.32 Å². The van der Waals surface area contributed by atoms with Crippen molar-refractivity contribution in [1.82, 2.24) is 10.3 Å². The molecule has 1 unspecified atom stereocenters. The highest BCUT2D eigenvalue weighted by Crippen LogP contribution is 2.23. The smallest absolute Gasteiger partial charge is 0.307 e. The van der Waals surface area contributed by atoms with Crippen molar-refractivity contribution in [2.75, 3.05) is 7.11 Å². The first-order valence-electron chi connectivity index (χ1n) is 8.35. The molecular weight excluding hydrogens is 336 g/mol. The Balaban J connectivity index is 2.21. The van der Waals surface area contributed by atoms with Crippen molar-refractivity contribution in [2.45, 2.75) is 46.1 Å². The van der Waals surface area contributed by atoms with Crippen LogP contribution in [0.15, 0.2) is 24.3 Å². The fraction of sp³-hybridized carbons (Fsp3) is 0.421. The number of rotatable bonds is 7. The molecule has 1 amide bonds. The molecule has 5 nitrogen and oxygen atoms in total. The number of hydrogen-bond acceptors (Lipinski definition) is 5. The Morgan fingerprint density at radius 2 is 1.92 bits per heavy atom. The summed E-state index contributed by atoms with van der Waals surface area (Å²) in [5, 5.41) is 3.92. The fourth-order valence-electron chi connectivity index (χ4n) is 2.51. The van der Waals surface area contributed by atoms with E-state index in [-0.39, 0.29) is 18.3 Å². The molecule has 0 radical (unpaired) electrons. The Bertz CT molecular complexity index is 738. The predicted octanol–water partition coefficient (Wildman–Crippen LogP) is 3.75. The van der Waals surface area contributed by atoms with Crippen LogP contribution in [0.5, 0.6) is 0 Å². The molecule has 134 valence electrons. The number of carbonyl (C=O) groups is 2. The van der Waals surface area contributed by atoms with Crippen LogP contribution in [-0.4, -0.2) is 24.0 Å². The molecule has 0 saturated carbocycles. The normalized spacial score (nSPS) is 11.8. The Labute approximate surface area is 152 Å². The lowest BCUT2D eigenvalue weighted by atomic mass is 10.0. The number of thiazole rings is 1. The highest BCUT2D eigenvalue weighted by molar-refractivity contribution is 7.13. The van der Waals surface area contributed by atoms with E-state index in [9.17, 15) is 9.59 Å². The van der Waals surface area contributed by atoms with Gasteiger partial charge < -0.3 is 10.1 Å². The van der Waals surface area contributed by atoms with Crippen LogP contribution in [0.4, 0.5) is 0 Å². The number of carbonyl (C=O) groups excluding carboxylic acids is 2. The molecule has 0 aliphatic heterocycles. The van der Waals surface area contributed by atoms with Gasteiger partial charge in [-0.05, 0) is 32.3 Å². The van der Waals surface area contributed by atoms with Crippen LogP contribution in [0, 0.1) is 13.8 Å². The molecule has 25 heavy (non-hydrogen) atoms. The lowest BCUT2D eigenvalue weighted by molar-refractivity contribution is -0.141. The van der Waals surface area contributed by atoms with Crippen molar-refractivity contribution in [3.05, 3.63) is 51.0 Å². The molecular formula is C19H24N2O3S.